The van der Waals surface area contributed by atoms with E-state index in [1.165, 1.54) is 38.5 Å². The average molecular weight is 213 g/mol. The second-order valence-corrected chi connectivity index (χ2v) is 4.75. The Labute approximate surface area is 94.8 Å². The zero-order valence-corrected chi connectivity index (χ0v) is 10.6. The fraction of sp³-hybridized carbons (Fsp3) is 1.00. The van der Waals surface area contributed by atoms with Crippen LogP contribution in [0.3, 0.4) is 0 Å². The number of likely N-dealkylation sites (N-methyl/N-ethyl adjacent to an activating group) is 1. The number of ether oxygens (including phenoxy) is 1. The van der Waals surface area contributed by atoms with Gasteiger partial charge in [-0.3, -0.25) is 0 Å². The molecule has 0 spiro atoms. The van der Waals surface area contributed by atoms with Crippen molar-refractivity contribution in [2.75, 3.05) is 13.7 Å². The standard InChI is InChI=1S/C13H27NO/c1-4-6-13(15-3)12(14-5-2)10-9-11-7-8-11/h11-14H,4-10H2,1-3H3. The fourth-order valence-electron chi connectivity index (χ4n) is 2.27. The number of hydrogen-bond donors (Lipinski definition) is 1. The third kappa shape index (κ3) is 4.98. The molecule has 0 saturated heterocycles. The highest BCUT2D eigenvalue weighted by atomic mass is 16.5. The molecule has 2 unspecified atom stereocenters. The molecule has 0 aromatic carbocycles. The van der Waals surface area contributed by atoms with Crippen LogP contribution in [0.5, 0.6) is 0 Å². The van der Waals surface area contributed by atoms with Crippen LogP contribution in [-0.4, -0.2) is 25.8 Å². The summed E-state index contributed by atoms with van der Waals surface area (Å²) in [5.74, 6) is 1.03. The molecule has 0 amide bonds. The predicted molar refractivity (Wildman–Crippen MR) is 65.1 cm³/mol. The lowest BCUT2D eigenvalue weighted by molar-refractivity contribution is 0.0575. The van der Waals surface area contributed by atoms with Gasteiger partial charge in [0.1, 0.15) is 0 Å². The summed E-state index contributed by atoms with van der Waals surface area (Å²) in [6, 6.07) is 0.570. The molecule has 1 N–H and O–H groups in total. The molecule has 0 radical (unpaired) electrons. The minimum Gasteiger partial charge on any atom is -0.380 e. The van der Waals surface area contributed by atoms with Crippen molar-refractivity contribution in [2.24, 2.45) is 5.92 Å². The Bertz CT molecular complexity index is 157. The summed E-state index contributed by atoms with van der Waals surface area (Å²) in [7, 11) is 1.85. The summed E-state index contributed by atoms with van der Waals surface area (Å²) < 4.78 is 5.60. The number of hydrogen-bond acceptors (Lipinski definition) is 2. The maximum Gasteiger partial charge on any atom is 0.0724 e. The van der Waals surface area contributed by atoms with Gasteiger partial charge in [-0.2, -0.15) is 0 Å². The van der Waals surface area contributed by atoms with Crippen molar-refractivity contribution in [2.45, 2.75) is 64.5 Å². The van der Waals surface area contributed by atoms with Crippen molar-refractivity contribution in [3.05, 3.63) is 0 Å². The summed E-state index contributed by atoms with van der Waals surface area (Å²) in [5.41, 5.74) is 0. The van der Waals surface area contributed by atoms with Crippen molar-refractivity contribution in [3.63, 3.8) is 0 Å². The van der Waals surface area contributed by atoms with Crippen molar-refractivity contribution < 1.29 is 4.74 Å². The number of rotatable bonds is 9. The van der Waals surface area contributed by atoms with Crippen LogP contribution in [0.15, 0.2) is 0 Å². The monoisotopic (exact) mass is 213 g/mol. The van der Waals surface area contributed by atoms with E-state index in [0.29, 0.717) is 12.1 Å². The molecule has 90 valence electrons. The molecule has 1 aliphatic carbocycles. The van der Waals surface area contributed by atoms with Crippen LogP contribution < -0.4 is 5.32 Å². The van der Waals surface area contributed by atoms with E-state index >= 15 is 0 Å². The Kier molecular flexibility index (Phi) is 6.26. The largest absolute Gasteiger partial charge is 0.380 e. The third-order valence-electron chi connectivity index (χ3n) is 3.37. The van der Waals surface area contributed by atoms with Gasteiger partial charge in [0.05, 0.1) is 6.10 Å². The smallest absolute Gasteiger partial charge is 0.0724 e. The van der Waals surface area contributed by atoms with E-state index < -0.39 is 0 Å². The van der Waals surface area contributed by atoms with E-state index in [1.54, 1.807) is 0 Å². The Balaban J connectivity index is 2.29. The van der Waals surface area contributed by atoms with Gasteiger partial charge in [0.25, 0.3) is 0 Å². The van der Waals surface area contributed by atoms with Crippen LogP contribution >= 0.6 is 0 Å². The molecule has 0 heterocycles. The molecule has 0 aliphatic heterocycles. The molecule has 1 rings (SSSR count). The van der Waals surface area contributed by atoms with Crippen LogP contribution in [0.25, 0.3) is 0 Å². The molecule has 1 fully saturated rings. The van der Waals surface area contributed by atoms with E-state index in [4.69, 9.17) is 4.74 Å². The van der Waals surface area contributed by atoms with Crippen molar-refractivity contribution in [1.82, 2.24) is 5.32 Å². The highest BCUT2D eigenvalue weighted by Crippen LogP contribution is 2.34. The maximum atomic E-state index is 5.60. The maximum absolute atomic E-state index is 5.60. The molecule has 15 heavy (non-hydrogen) atoms. The van der Waals surface area contributed by atoms with E-state index in [9.17, 15) is 0 Å². The Morgan fingerprint density at radius 3 is 2.47 bits per heavy atom. The van der Waals surface area contributed by atoms with Gasteiger partial charge in [-0.15, -0.1) is 0 Å². The predicted octanol–water partition coefficient (Wildman–Crippen LogP) is 2.97. The van der Waals surface area contributed by atoms with E-state index in [0.717, 1.165) is 12.5 Å². The second-order valence-electron chi connectivity index (χ2n) is 4.75. The van der Waals surface area contributed by atoms with Crippen LogP contribution in [0.1, 0.15) is 52.4 Å². The average Bonchev–Trinajstić information content (AvgIpc) is 3.05. The van der Waals surface area contributed by atoms with Crippen LogP contribution in [0.2, 0.25) is 0 Å². The Morgan fingerprint density at radius 1 is 1.27 bits per heavy atom. The quantitative estimate of drug-likeness (QED) is 0.636. The lowest BCUT2D eigenvalue weighted by Crippen LogP contribution is -2.40. The molecule has 0 aromatic heterocycles. The topological polar surface area (TPSA) is 21.3 Å². The molecule has 2 nitrogen and oxygen atoms in total. The van der Waals surface area contributed by atoms with Gasteiger partial charge in [-0.1, -0.05) is 33.1 Å². The first kappa shape index (κ1) is 13.0. The zero-order valence-electron chi connectivity index (χ0n) is 10.6. The molecular weight excluding hydrogens is 186 g/mol. The van der Waals surface area contributed by atoms with Gasteiger partial charge < -0.3 is 10.1 Å². The first-order valence-corrected chi connectivity index (χ1v) is 6.57. The molecule has 0 bridgehead atoms. The molecule has 2 atom stereocenters. The summed E-state index contributed by atoms with van der Waals surface area (Å²) in [5, 5.41) is 3.58. The molecule has 1 saturated carbocycles. The minimum absolute atomic E-state index is 0.411. The SMILES string of the molecule is CCCC(OC)C(CCC1CC1)NCC. The van der Waals surface area contributed by atoms with E-state index in [-0.39, 0.29) is 0 Å². The fourth-order valence-corrected chi connectivity index (χ4v) is 2.27. The molecule has 1 aliphatic rings. The van der Waals surface area contributed by atoms with Gasteiger partial charge in [-0.05, 0) is 31.7 Å². The van der Waals surface area contributed by atoms with Gasteiger partial charge in [0.2, 0.25) is 0 Å². The van der Waals surface area contributed by atoms with E-state index in [1.807, 2.05) is 7.11 Å². The Hall–Kier alpha value is -0.0800. The van der Waals surface area contributed by atoms with Crippen LogP contribution in [0.4, 0.5) is 0 Å². The van der Waals surface area contributed by atoms with Crippen LogP contribution in [0, 0.1) is 5.92 Å². The van der Waals surface area contributed by atoms with Gasteiger partial charge in [0, 0.05) is 13.2 Å². The summed E-state index contributed by atoms with van der Waals surface area (Å²) in [6.45, 7) is 5.47. The normalized spacial score (nSPS) is 20.2. The lowest BCUT2D eigenvalue weighted by atomic mass is 10.00. The van der Waals surface area contributed by atoms with Crippen molar-refractivity contribution in [3.8, 4) is 0 Å². The van der Waals surface area contributed by atoms with E-state index in [2.05, 4.69) is 19.2 Å². The zero-order chi connectivity index (χ0) is 11.1. The molecule has 2 heteroatoms. The van der Waals surface area contributed by atoms with Crippen molar-refractivity contribution >= 4 is 0 Å². The lowest BCUT2D eigenvalue weighted by Gasteiger charge is -2.26. The second kappa shape index (κ2) is 7.24. The van der Waals surface area contributed by atoms with Crippen LogP contribution in [-0.2, 0) is 4.74 Å². The third-order valence-corrected chi connectivity index (χ3v) is 3.37. The summed E-state index contributed by atoms with van der Waals surface area (Å²) in [6.07, 6.45) is 8.41. The molecule has 0 aromatic rings. The number of nitrogens with one attached hydrogen (secondary N) is 1. The number of methoxy groups -OCH3 is 1. The van der Waals surface area contributed by atoms with Gasteiger partial charge in [0.15, 0.2) is 0 Å². The Morgan fingerprint density at radius 2 is 2.00 bits per heavy atom. The summed E-state index contributed by atoms with van der Waals surface area (Å²) >= 11 is 0. The molecular formula is C13H27NO. The summed E-state index contributed by atoms with van der Waals surface area (Å²) in [4.78, 5) is 0. The van der Waals surface area contributed by atoms with Gasteiger partial charge in [-0.25, -0.2) is 0 Å². The minimum atomic E-state index is 0.411. The van der Waals surface area contributed by atoms with Gasteiger partial charge >= 0.3 is 0 Å². The highest BCUT2D eigenvalue weighted by molar-refractivity contribution is 4.81. The first-order chi connectivity index (χ1) is 7.31. The van der Waals surface area contributed by atoms with Crippen molar-refractivity contribution in [1.29, 1.82) is 0 Å². The first-order valence-electron chi connectivity index (χ1n) is 6.57. The highest BCUT2D eigenvalue weighted by Gasteiger charge is 2.25.